The van der Waals surface area contributed by atoms with Crippen LogP contribution in [0.15, 0.2) is 84.4 Å². The van der Waals surface area contributed by atoms with Gasteiger partial charge in [0.05, 0.1) is 13.2 Å². The molecule has 2 heterocycles. The zero-order valence-corrected chi connectivity index (χ0v) is 17.4. The number of nitrogens with zero attached hydrogens (tertiary/aromatic N) is 1. The lowest BCUT2D eigenvalue weighted by atomic mass is 9.80. The van der Waals surface area contributed by atoms with Crippen LogP contribution in [0.4, 0.5) is 0 Å². The van der Waals surface area contributed by atoms with E-state index in [0.717, 1.165) is 49.9 Å². The SMILES string of the molecule is Cc1ccc(C2C(CN3CCOCC3)=C(c3ccccc3)Oc3ccccc32)cc1. The number of hydrogen-bond acceptors (Lipinski definition) is 3. The lowest BCUT2D eigenvalue weighted by molar-refractivity contribution is 0.0417. The summed E-state index contributed by atoms with van der Waals surface area (Å²) in [5, 5.41) is 0. The van der Waals surface area contributed by atoms with Gasteiger partial charge in [0.2, 0.25) is 0 Å². The highest BCUT2D eigenvalue weighted by atomic mass is 16.5. The molecule has 0 bridgehead atoms. The van der Waals surface area contributed by atoms with Gasteiger partial charge in [-0.25, -0.2) is 0 Å². The third-order valence-electron chi connectivity index (χ3n) is 6.03. The summed E-state index contributed by atoms with van der Waals surface area (Å²) in [6.07, 6.45) is 0. The van der Waals surface area contributed by atoms with Crippen LogP contribution < -0.4 is 4.74 Å². The first-order valence-electron chi connectivity index (χ1n) is 10.7. The second-order valence-electron chi connectivity index (χ2n) is 8.09. The van der Waals surface area contributed by atoms with Gasteiger partial charge in [-0.3, -0.25) is 4.90 Å². The van der Waals surface area contributed by atoms with Crippen molar-refractivity contribution in [3.63, 3.8) is 0 Å². The van der Waals surface area contributed by atoms with Gasteiger partial charge in [0.1, 0.15) is 11.5 Å². The van der Waals surface area contributed by atoms with Crippen molar-refractivity contribution >= 4 is 5.76 Å². The summed E-state index contributed by atoms with van der Waals surface area (Å²) in [4.78, 5) is 2.49. The van der Waals surface area contributed by atoms with E-state index in [1.165, 1.54) is 22.3 Å². The van der Waals surface area contributed by atoms with Crippen LogP contribution >= 0.6 is 0 Å². The molecule has 0 radical (unpaired) electrons. The molecular weight excluding hydrogens is 370 g/mol. The summed E-state index contributed by atoms with van der Waals surface area (Å²) in [6.45, 7) is 6.50. The minimum absolute atomic E-state index is 0.175. The van der Waals surface area contributed by atoms with Gasteiger partial charge >= 0.3 is 0 Å². The van der Waals surface area contributed by atoms with E-state index in [9.17, 15) is 0 Å². The van der Waals surface area contributed by atoms with Crippen LogP contribution in [0.1, 0.15) is 28.2 Å². The normalized spacial score (nSPS) is 19.3. The Hall–Kier alpha value is -2.88. The number of fused-ring (bicyclic) bond motifs is 1. The standard InChI is InChI=1S/C27H27NO2/c1-20-11-13-21(14-12-20)26-23-9-5-6-10-25(23)30-27(22-7-3-2-4-8-22)24(26)19-28-15-17-29-18-16-28/h2-14,26H,15-19H2,1H3. The summed E-state index contributed by atoms with van der Waals surface area (Å²) >= 11 is 0. The van der Waals surface area contributed by atoms with Gasteiger partial charge < -0.3 is 9.47 Å². The Balaban J connectivity index is 1.67. The third-order valence-corrected chi connectivity index (χ3v) is 6.03. The van der Waals surface area contributed by atoms with Crippen LogP contribution in [0.2, 0.25) is 0 Å². The van der Waals surface area contributed by atoms with E-state index < -0.39 is 0 Å². The first-order chi connectivity index (χ1) is 14.8. The molecule has 1 unspecified atom stereocenters. The number of hydrogen-bond donors (Lipinski definition) is 0. The Bertz CT molecular complexity index is 1030. The molecule has 1 fully saturated rings. The molecule has 2 aliphatic rings. The Kier molecular flexibility index (Phi) is 5.39. The lowest BCUT2D eigenvalue weighted by Gasteiger charge is -2.35. The predicted molar refractivity (Wildman–Crippen MR) is 121 cm³/mol. The van der Waals surface area contributed by atoms with Gasteiger partial charge in [-0.2, -0.15) is 0 Å². The van der Waals surface area contributed by atoms with Gasteiger partial charge in [0.25, 0.3) is 0 Å². The van der Waals surface area contributed by atoms with E-state index >= 15 is 0 Å². The van der Waals surface area contributed by atoms with Crippen molar-refractivity contribution in [1.82, 2.24) is 4.90 Å². The maximum absolute atomic E-state index is 6.57. The quantitative estimate of drug-likeness (QED) is 0.599. The molecule has 0 N–H and O–H groups in total. The Morgan fingerprint density at radius 1 is 0.833 bits per heavy atom. The van der Waals surface area contributed by atoms with E-state index in [2.05, 4.69) is 90.7 Å². The monoisotopic (exact) mass is 397 g/mol. The summed E-state index contributed by atoms with van der Waals surface area (Å²) in [7, 11) is 0. The van der Waals surface area contributed by atoms with Crippen LogP contribution in [0.25, 0.3) is 5.76 Å². The van der Waals surface area contributed by atoms with Crippen molar-refractivity contribution in [3.05, 3.63) is 107 Å². The Labute approximate surface area is 178 Å². The molecule has 2 aliphatic heterocycles. The average molecular weight is 398 g/mol. The van der Waals surface area contributed by atoms with Gasteiger partial charge in [-0.1, -0.05) is 78.4 Å². The minimum Gasteiger partial charge on any atom is -0.456 e. The molecule has 1 atom stereocenters. The van der Waals surface area contributed by atoms with Crippen molar-refractivity contribution in [1.29, 1.82) is 0 Å². The Morgan fingerprint density at radius 2 is 1.53 bits per heavy atom. The number of para-hydroxylation sites is 1. The van der Waals surface area contributed by atoms with Crippen LogP contribution in [0.5, 0.6) is 5.75 Å². The fourth-order valence-electron chi connectivity index (χ4n) is 4.44. The highest BCUT2D eigenvalue weighted by molar-refractivity contribution is 5.72. The smallest absolute Gasteiger partial charge is 0.136 e. The minimum atomic E-state index is 0.175. The number of ether oxygens (including phenoxy) is 2. The molecule has 3 heteroatoms. The van der Waals surface area contributed by atoms with Gasteiger partial charge in [-0.05, 0) is 24.1 Å². The maximum Gasteiger partial charge on any atom is 0.136 e. The average Bonchev–Trinajstić information content (AvgIpc) is 2.81. The first-order valence-corrected chi connectivity index (χ1v) is 10.7. The highest BCUT2D eigenvalue weighted by Crippen LogP contribution is 2.45. The molecule has 3 nitrogen and oxygen atoms in total. The van der Waals surface area contributed by atoms with Crippen LogP contribution in [0, 0.1) is 6.92 Å². The molecule has 5 rings (SSSR count). The van der Waals surface area contributed by atoms with Crippen molar-refractivity contribution in [2.75, 3.05) is 32.8 Å². The van der Waals surface area contributed by atoms with Gasteiger partial charge in [0.15, 0.2) is 0 Å². The molecular formula is C27H27NO2. The number of morpholine rings is 1. The van der Waals surface area contributed by atoms with Crippen molar-refractivity contribution in [3.8, 4) is 5.75 Å². The summed E-state index contributed by atoms with van der Waals surface area (Å²) < 4.78 is 12.2. The summed E-state index contributed by atoms with van der Waals surface area (Å²) in [6, 6.07) is 27.9. The molecule has 0 saturated carbocycles. The summed E-state index contributed by atoms with van der Waals surface area (Å²) in [5.74, 6) is 2.12. The van der Waals surface area contributed by atoms with Crippen LogP contribution in [-0.4, -0.2) is 37.7 Å². The summed E-state index contributed by atoms with van der Waals surface area (Å²) in [5.41, 5.74) is 6.29. The van der Waals surface area contributed by atoms with Crippen molar-refractivity contribution in [2.24, 2.45) is 0 Å². The molecule has 3 aromatic rings. The second kappa shape index (κ2) is 8.47. The number of benzene rings is 3. The fourth-order valence-corrected chi connectivity index (χ4v) is 4.44. The molecule has 0 aliphatic carbocycles. The van der Waals surface area contributed by atoms with E-state index in [1.54, 1.807) is 0 Å². The van der Waals surface area contributed by atoms with Crippen LogP contribution in [-0.2, 0) is 4.74 Å². The van der Waals surface area contributed by atoms with E-state index in [1.807, 2.05) is 0 Å². The predicted octanol–water partition coefficient (Wildman–Crippen LogP) is 5.26. The number of aryl methyl sites for hydroxylation is 1. The molecule has 152 valence electrons. The maximum atomic E-state index is 6.57. The second-order valence-corrected chi connectivity index (χ2v) is 8.09. The van der Waals surface area contributed by atoms with Gasteiger partial charge in [-0.15, -0.1) is 0 Å². The molecule has 30 heavy (non-hydrogen) atoms. The fraction of sp³-hybridized carbons (Fsp3) is 0.259. The van der Waals surface area contributed by atoms with Crippen LogP contribution in [0.3, 0.4) is 0 Å². The zero-order valence-electron chi connectivity index (χ0n) is 17.4. The van der Waals surface area contributed by atoms with Gasteiger partial charge in [0, 0.05) is 36.7 Å². The topological polar surface area (TPSA) is 21.7 Å². The van der Waals surface area contributed by atoms with E-state index in [4.69, 9.17) is 9.47 Å². The molecule has 0 aromatic heterocycles. The van der Waals surface area contributed by atoms with E-state index in [-0.39, 0.29) is 5.92 Å². The molecule has 0 amide bonds. The highest BCUT2D eigenvalue weighted by Gasteiger charge is 2.32. The zero-order chi connectivity index (χ0) is 20.3. The molecule has 1 saturated heterocycles. The van der Waals surface area contributed by atoms with Crippen molar-refractivity contribution in [2.45, 2.75) is 12.8 Å². The lowest BCUT2D eigenvalue weighted by Crippen LogP contribution is -2.39. The molecule has 3 aromatic carbocycles. The Morgan fingerprint density at radius 3 is 2.30 bits per heavy atom. The number of rotatable bonds is 4. The third kappa shape index (κ3) is 3.79. The van der Waals surface area contributed by atoms with E-state index in [0.29, 0.717) is 0 Å². The van der Waals surface area contributed by atoms with Crippen molar-refractivity contribution < 1.29 is 9.47 Å². The first kappa shape index (κ1) is 19.1. The largest absolute Gasteiger partial charge is 0.456 e. The molecule has 0 spiro atoms.